The largest absolute Gasteiger partial charge is 0.355 e. The quantitative estimate of drug-likeness (QED) is 0.644. The van der Waals surface area contributed by atoms with Crippen molar-refractivity contribution < 1.29 is 0 Å². The smallest absolute Gasteiger partial charge is 0.208 e. The molecule has 0 bridgehead atoms. The second-order valence-electron chi connectivity index (χ2n) is 1.95. The molecule has 2 nitrogen and oxygen atoms in total. The van der Waals surface area contributed by atoms with E-state index >= 15 is 0 Å². The summed E-state index contributed by atoms with van der Waals surface area (Å²) in [5.74, 6) is 0. The predicted molar refractivity (Wildman–Crippen MR) is 57.1 cm³/mol. The van der Waals surface area contributed by atoms with E-state index in [1.165, 1.54) is 0 Å². The summed E-state index contributed by atoms with van der Waals surface area (Å²) in [6, 6.07) is 0. The minimum Gasteiger partial charge on any atom is -0.355 e. The van der Waals surface area contributed by atoms with Crippen molar-refractivity contribution in [3.8, 4) is 0 Å². The van der Waals surface area contributed by atoms with Gasteiger partial charge in [-0.2, -0.15) is 0 Å². The Morgan fingerprint density at radius 1 is 1.30 bits per heavy atom. The van der Waals surface area contributed by atoms with Crippen molar-refractivity contribution in [2.45, 2.75) is 0 Å². The number of hydrogen-bond acceptors (Lipinski definition) is 1. The molecule has 0 aliphatic carbocycles. The van der Waals surface area contributed by atoms with Gasteiger partial charge in [0.1, 0.15) is 0 Å². The SMILES string of the molecule is Cn1cc(I)c(=O)c(I)c1. The Labute approximate surface area is 85.9 Å². The zero-order chi connectivity index (χ0) is 7.72. The third-order valence-electron chi connectivity index (χ3n) is 1.07. The monoisotopic (exact) mass is 361 g/mol. The first-order valence-electron chi connectivity index (χ1n) is 2.62. The molecule has 0 unspecified atom stereocenters. The van der Waals surface area contributed by atoms with E-state index in [0.29, 0.717) is 0 Å². The van der Waals surface area contributed by atoms with Crippen molar-refractivity contribution in [2.24, 2.45) is 7.05 Å². The fraction of sp³-hybridized carbons (Fsp3) is 0.167. The van der Waals surface area contributed by atoms with E-state index in [-0.39, 0.29) is 5.43 Å². The van der Waals surface area contributed by atoms with Crippen LogP contribution in [0.1, 0.15) is 0 Å². The Balaban J connectivity index is 3.46. The minimum atomic E-state index is 0.124. The first-order chi connectivity index (χ1) is 4.61. The first-order valence-corrected chi connectivity index (χ1v) is 4.78. The topological polar surface area (TPSA) is 22.0 Å². The molecule has 1 rings (SSSR count). The summed E-state index contributed by atoms with van der Waals surface area (Å²) in [4.78, 5) is 11.1. The van der Waals surface area contributed by atoms with Crippen LogP contribution in [0.25, 0.3) is 0 Å². The Bertz CT molecular complexity index is 279. The van der Waals surface area contributed by atoms with Gasteiger partial charge in [-0.1, -0.05) is 0 Å². The summed E-state index contributed by atoms with van der Waals surface area (Å²) in [6.45, 7) is 0. The summed E-state index contributed by atoms with van der Waals surface area (Å²) in [7, 11) is 1.91. The Kier molecular flexibility index (Phi) is 2.73. The Morgan fingerprint density at radius 2 is 1.70 bits per heavy atom. The van der Waals surface area contributed by atoms with Crippen LogP contribution < -0.4 is 5.43 Å². The van der Waals surface area contributed by atoms with Crippen LogP contribution in [-0.2, 0) is 7.05 Å². The first kappa shape index (κ1) is 8.51. The highest BCUT2D eigenvalue weighted by Gasteiger charge is 1.98. The van der Waals surface area contributed by atoms with Crippen LogP contribution in [0.15, 0.2) is 17.2 Å². The van der Waals surface area contributed by atoms with Crippen LogP contribution >= 0.6 is 45.2 Å². The van der Waals surface area contributed by atoms with Gasteiger partial charge in [-0.25, -0.2) is 0 Å². The summed E-state index contributed by atoms with van der Waals surface area (Å²) in [6.07, 6.45) is 3.62. The molecule has 1 heterocycles. The maximum Gasteiger partial charge on any atom is 0.208 e. The highest BCUT2D eigenvalue weighted by atomic mass is 127. The molecule has 1 aromatic heterocycles. The summed E-state index contributed by atoms with van der Waals surface area (Å²) in [5.41, 5.74) is 0.124. The van der Waals surface area contributed by atoms with Crippen LogP contribution in [0.3, 0.4) is 0 Å². The van der Waals surface area contributed by atoms with Crippen molar-refractivity contribution in [3.63, 3.8) is 0 Å². The summed E-state index contributed by atoms with van der Waals surface area (Å²) < 4.78 is 3.42. The third-order valence-corrected chi connectivity index (χ3v) is 2.60. The van der Waals surface area contributed by atoms with Gasteiger partial charge in [-0.05, 0) is 45.2 Å². The number of aromatic nitrogens is 1. The Hall–Kier alpha value is 0.410. The number of nitrogens with zero attached hydrogens (tertiary/aromatic N) is 1. The van der Waals surface area contributed by atoms with E-state index in [1.54, 1.807) is 0 Å². The number of hydrogen-bond donors (Lipinski definition) is 0. The van der Waals surface area contributed by atoms with Gasteiger partial charge in [-0.3, -0.25) is 4.79 Å². The molecule has 0 amide bonds. The molecule has 0 aliphatic heterocycles. The molecule has 0 N–H and O–H groups in total. The standard InChI is InChI=1S/C6H5I2NO/c1-9-2-4(7)6(10)5(8)3-9/h2-3H,1H3. The van der Waals surface area contributed by atoms with Crippen molar-refractivity contribution >= 4 is 45.2 Å². The maximum absolute atomic E-state index is 11.1. The molecule has 0 radical (unpaired) electrons. The van der Waals surface area contributed by atoms with Crippen molar-refractivity contribution in [1.29, 1.82) is 0 Å². The molecular formula is C6H5I2NO. The maximum atomic E-state index is 11.1. The average Bonchev–Trinajstić information content (AvgIpc) is 1.82. The second kappa shape index (κ2) is 3.21. The molecule has 54 valence electrons. The van der Waals surface area contributed by atoms with Crippen molar-refractivity contribution in [1.82, 2.24) is 4.57 Å². The molecule has 0 spiro atoms. The van der Waals surface area contributed by atoms with E-state index in [0.717, 1.165) is 7.14 Å². The number of pyridine rings is 1. The fourth-order valence-corrected chi connectivity index (χ4v) is 2.60. The lowest BCUT2D eigenvalue weighted by Gasteiger charge is -1.97. The molecule has 0 aromatic carbocycles. The molecule has 0 fully saturated rings. The molecule has 1 aromatic rings. The van der Waals surface area contributed by atoms with Gasteiger partial charge < -0.3 is 4.57 Å². The van der Waals surface area contributed by atoms with Crippen molar-refractivity contribution in [3.05, 3.63) is 29.8 Å². The van der Waals surface area contributed by atoms with Crippen LogP contribution in [0.5, 0.6) is 0 Å². The molecule has 0 aliphatic rings. The van der Waals surface area contributed by atoms with Gasteiger partial charge in [0.15, 0.2) is 0 Å². The highest BCUT2D eigenvalue weighted by molar-refractivity contribution is 14.1. The van der Waals surface area contributed by atoms with E-state index in [9.17, 15) is 4.79 Å². The van der Waals surface area contributed by atoms with Crippen molar-refractivity contribution in [2.75, 3.05) is 0 Å². The van der Waals surface area contributed by atoms with Gasteiger partial charge in [0.2, 0.25) is 5.43 Å². The van der Waals surface area contributed by atoms with Crippen LogP contribution in [0, 0.1) is 7.14 Å². The molecule has 10 heavy (non-hydrogen) atoms. The van der Waals surface area contributed by atoms with E-state index in [1.807, 2.05) is 69.2 Å². The third kappa shape index (κ3) is 1.71. The molecule has 0 saturated carbocycles. The zero-order valence-corrected chi connectivity index (χ0v) is 9.58. The van der Waals surface area contributed by atoms with Crippen LogP contribution in [0.4, 0.5) is 0 Å². The van der Waals surface area contributed by atoms with E-state index < -0.39 is 0 Å². The van der Waals surface area contributed by atoms with Gasteiger partial charge >= 0.3 is 0 Å². The second-order valence-corrected chi connectivity index (χ2v) is 4.27. The van der Waals surface area contributed by atoms with Gasteiger partial charge in [0.25, 0.3) is 0 Å². The summed E-state index contributed by atoms with van der Waals surface area (Å²) >= 11 is 4.07. The number of halogens is 2. The number of rotatable bonds is 0. The normalized spacial score (nSPS) is 9.90. The minimum absolute atomic E-state index is 0.124. The lowest BCUT2D eigenvalue weighted by Crippen LogP contribution is -2.11. The van der Waals surface area contributed by atoms with Gasteiger partial charge in [0, 0.05) is 19.4 Å². The number of aryl methyl sites for hydroxylation is 1. The van der Waals surface area contributed by atoms with E-state index in [2.05, 4.69) is 0 Å². The lowest BCUT2D eigenvalue weighted by atomic mass is 10.5. The van der Waals surface area contributed by atoms with Gasteiger partial charge in [-0.15, -0.1) is 0 Å². The van der Waals surface area contributed by atoms with E-state index in [4.69, 9.17) is 0 Å². The van der Waals surface area contributed by atoms with Crippen LogP contribution in [0.2, 0.25) is 0 Å². The molecule has 4 heteroatoms. The lowest BCUT2D eigenvalue weighted by molar-refractivity contribution is 0.886. The summed E-state index contributed by atoms with van der Waals surface area (Å²) in [5, 5.41) is 0. The zero-order valence-electron chi connectivity index (χ0n) is 5.27. The molecule has 0 saturated heterocycles. The highest BCUT2D eigenvalue weighted by Crippen LogP contribution is 2.01. The van der Waals surface area contributed by atoms with Crippen LogP contribution in [-0.4, -0.2) is 4.57 Å². The van der Waals surface area contributed by atoms with Gasteiger partial charge in [0.05, 0.1) is 7.14 Å². The molecule has 0 atom stereocenters. The Morgan fingerprint density at radius 3 is 2.10 bits per heavy atom. The predicted octanol–water partition coefficient (Wildman–Crippen LogP) is 1.59. The average molecular weight is 361 g/mol. The fourth-order valence-electron chi connectivity index (χ4n) is 0.626. The molecular weight excluding hydrogens is 356 g/mol.